The fourth-order valence-electron chi connectivity index (χ4n) is 1.68. The Morgan fingerprint density at radius 2 is 2.31 bits per heavy atom. The quantitative estimate of drug-likeness (QED) is 0.877. The van der Waals surface area contributed by atoms with Gasteiger partial charge in [0.25, 0.3) is 0 Å². The molecule has 0 fully saturated rings. The highest BCUT2D eigenvalue weighted by Crippen LogP contribution is 2.29. The minimum Gasteiger partial charge on any atom is -0.472 e. The first-order valence-corrected chi connectivity index (χ1v) is 6.48. The number of rotatable bonds is 5. The van der Waals surface area contributed by atoms with Gasteiger partial charge in [-0.05, 0) is 36.7 Å². The van der Waals surface area contributed by atoms with E-state index in [1.807, 2.05) is 12.1 Å². The number of nitrogens with one attached hydrogen (secondary N) is 1. The van der Waals surface area contributed by atoms with Crippen molar-refractivity contribution in [3.8, 4) is 0 Å². The van der Waals surface area contributed by atoms with E-state index in [4.69, 9.17) is 16.0 Å². The molecule has 0 radical (unpaired) electrons. The van der Waals surface area contributed by atoms with Crippen LogP contribution in [0.1, 0.15) is 23.4 Å². The zero-order valence-electron chi connectivity index (χ0n) is 9.07. The van der Waals surface area contributed by atoms with Gasteiger partial charge in [0.15, 0.2) is 0 Å². The Kier molecular flexibility index (Phi) is 4.04. The summed E-state index contributed by atoms with van der Waals surface area (Å²) >= 11 is 7.59. The van der Waals surface area contributed by atoms with Gasteiger partial charge < -0.3 is 9.73 Å². The summed E-state index contributed by atoms with van der Waals surface area (Å²) in [5, 5.41) is 3.46. The second kappa shape index (κ2) is 5.53. The molecule has 2 nitrogen and oxygen atoms in total. The van der Waals surface area contributed by atoms with Crippen molar-refractivity contribution in [2.75, 3.05) is 6.54 Å². The summed E-state index contributed by atoms with van der Waals surface area (Å²) in [5.41, 5.74) is 1.20. The summed E-state index contributed by atoms with van der Waals surface area (Å²) in [6.07, 6.45) is 4.43. The molecule has 2 aromatic heterocycles. The normalized spacial score (nSPS) is 12.9. The third-order valence-electron chi connectivity index (χ3n) is 2.41. The summed E-state index contributed by atoms with van der Waals surface area (Å²) in [4.78, 5) is 1.27. The SMILES string of the molecule is CCNC(Cc1ccoc1)c1ccc(Cl)s1. The predicted molar refractivity (Wildman–Crippen MR) is 68.2 cm³/mol. The molecule has 0 amide bonds. The van der Waals surface area contributed by atoms with Crippen molar-refractivity contribution in [1.29, 1.82) is 0 Å². The monoisotopic (exact) mass is 255 g/mol. The maximum Gasteiger partial charge on any atom is 0.0935 e. The van der Waals surface area contributed by atoms with Crippen LogP contribution in [0.4, 0.5) is 0 Å². The van der Waals surface area contributed by atoms with E-state index < -0.39 is 0 Å². The van der Waals surface area contributed by atoms with E-state index in [9.17, 15) is 0 Å². The molecule has 2 aromatic rings. The molecule has 0 aliphatic carbocycles. The largest absolute Gasteiger partial charge is 0.472 e. The average molecular weight is 256 g/mol. The fraction of sp³-hybridized carbons (Fsp3) is 0.333. The van der Waals surface area contributed by atoms with Gasteiger partial charge in [0.1, 0.15) is 0 Å². The Balaban J connectivity index is 2.11. The number of halogens is 1. The minimum atomic E-state index is 0.320. The Labute approximate surface area is 104 Å². The predicted octanol–water partition coefficient (Wildman–Crippen LogP) is 3.89. The van der Waals surface area contributed by atoms with Crippen molar-refractivity contribution < 1.29 is 4.42 Å². The molecule has 0 bridgehead atoms. The smallest absolute Gasteiger partial charge is 0.0935 e. The van der Waals surface area contributed by atoms with Crippen molar-refractivity contribution in [2.24, 2.45) is 0 Å². The van der Waals surface area contributed by atoms with Crippen LogP contribution in [-0.4, -0.2) is 6.54 Å². The van der Waals surface area contributed by atoms with E-state index in [1.54, 1.807) is 23.9 Å². The average Bonchev–Trinajstić information content (AvgIpc) is 2.88. The molecule has 2 rings (SSSR count). The van der Waals surface area contributed by atoms with E-state index in [-0.39, 0.29) is 0 Å². The molecule has 86 valence electrons. The molecule has 0 aromatic carbocycles. The van der Waals surface area contributed by atoms with E-state index in [0.717, 1.165) is 17.3 Å². The molecule has 1 unspecified atom stereocenters. The van der Waals surface area contributed by atoms with Crippen LogP contribution in [0.15, 0.2) is 35.1 Å². The lowest BCUT2D eigenvalue weighted by Crippen LogP contribution is -2.21. The second-order valence-corrected chi connectivity index (χ2v) is 5.33. The van der Waals surface area contributed by atoms with Gasteiger partial charge in [0, 0.05) is 10.9 Å². The van der Waals surface area contributed by atoms with Crippen LogP contribution in [0.25, 0.3) is 0 Å². The van der Waals surface area contributed by atoms with Crippen LogP contribution in [0, 0.1) is 0 Å². The van der Waals surface area contributed by atoms with Crippen LogP contribution in [0.2, 0.25) is 4.34 Å². The molecule has 2 heterocycles. The van der Waals surface area contributed by atoms with Gasteiger partial charge in [-0.15, -0.1) is 11.3 Å². The molecule has 4 heteroatoms. The van der Waals surface area contributed by atoms with Crippen LogP contribution < -0.4 is 5.32 Å². The molecule has 1 N–H and O–H groups in total. The van der Waals surface area contributed by atoms with Gasteiger partial charge in [-0.25, -0.2) is 0 Å². The third-order valence-corrected chi connectivity index (χ3v) is 3.75. The molecule has 0 spiro atoms. The maximum absolute atomic E-state index is 5.96. The van der Waals surface area contributed by atoms with E-state index in [2.05, 4.69) is 18.3 Å². The van der Waals surface area contributed by atoms with Crippen LogP contribution in [0.5, 0.6) is 0 Å². The minimum absolute atomic E-state index is 0.320. The van der Waals surface area contributed by atoms with Gasteiger partial charge in [-0.2, -0.15) is 0 Å². The van der Waals surface area contributed by atoms with Crippen molar-refractivity contribution in [3.05, 3.63) is 45.5 Å². The summed E-state index contributed by atoms with van der Waals surface area (Å²) in [6, 6.07) is 6.35. The highest BCUT2D eigenvalue weighted by atomic mass is 35.5. The summed E-state index contributed by atoms with van der Waals surface area (Å²) < 4.78 is 5.92. The fourth-order valence-corrected chi connectivity index (χ4v) is 2.82. The Bertz CT molecular complexity index is 424. The van der Waals surface area contributed by atoms with Crippen molar-refractivity contribution in [3.63, 3.8) is 0 Å². The molecule has 1 atom stereocenters. The van der Waals surface area contributed by atoms with Gasteiger partial charge in [-0.1, -0.05) is 18.5 Å². The maximum atomic E-state index is 5.96. The van der Waals surface area contributed by atoms with Crippen LogP contribution in [0.3, 0.4) is 0 Å². The standard InChI is InChI=1S/C12H14ClNOS/c1-2-14-10(7-9-5-6-15-8-9)11-3-4-12(13)16-11/h3-6,8,10,14H,2,7H2,1H3. The summed E-state index contributed by atoms with van der Waals surface area (Å²) in [6.45, 7) is 3.05. The first-order chi connectivity index (χ1) is 7.79. The van der Waals surface area contributed by atoms with Gasteiger partial charge in [0.05, 0.1) is 16.9 Å². The molecule has 0 aliphatic heterocycles. The Morgan fingerprint density at radius 3 is 2.88 bits per heavy atom. The molecular formula is C12H14ClNOS. The van der Waals surface area contributed by atoms with Gasteiger partial charge in [0.2, 0.25) is 0 Å². The van der Waals surface area contributed by atoms with Crippen molar-refractivity contribution >= 4 is 22.9 Å². The van der Waals surface area contributed by atoms with Crippen molar-refractivity contribution in [2.45, 2.75) is 19.4 Å². The lowest BCUT2D eigenvalue weighted by atomic mass is 10.1. The molecule has 0 aliphatic rings. The molecule has 0 saturated carbocycles. The first kappa shape index (κ1) is 11.7. The number of furan rings is 1. The van der Waals surface area contributed by atoms with E-state index in [1.165, 1.54) is 10.4 Å². The zero-order chi connectivity index (χ0) is 11.4. The topological polar surface area (TPSA) is 25.2 Å². The number of likely N-dealkylation sites (N-methyl/N-ethyl adjacent to an activating group) is 1. The molecular weight excluding hydrogens is 242 g/mol. The lowest BCUT2D eigenvalue weighted by Gasteiger charge is -2.15. The van der Waals surface area contributed by atoms with Crippen LogP contribution >= 0.6 is 22.9 Å². The molecule has 16 heavy (non-hydrogen) atoms. The third kappa shape index (κ3) is 2.88. The Hall–Kier alpha value is -0.770. The van der Waals surface area contributed by atoms with Gasteiger partial charge >= 0.3 is 0 Å². The highest BCUT2D eigenvalue weighted by Gasteiger charge is 2.13. The Morgan fingerprint density at radius 1 is 1.44 bits per heavy atom. The second-order valence-electron chi connectivity index (χ2n) is 3.59. The van der Waals surface area contributed by atoms with E-state index >= 15 is 0 Å². The lowest BCUT2D eigenvalue weighted by molar-refractivity contribution is 0.540. The summed E-state index contributed by atoms with van der Waals surface area (Å²) in [5.74, 6) is 0. The molecule has 0 saturated heterocycles. The number of hydrogen-bond donors (Lipinski definition) is 1. The zero-order valence-corrected chi connectivity index (χ0v) is 10.6. The van der Waals surface area contributed by atoms with Crippen molar-refractivity contribution in [1.82, 2.24) is 5.32 Å². The number of thiophene rings is 1. The first-order valence-electron chi connectivity index (χ1n) is 5.29. The van der Waals surface area contributed by atoms with E-state index in [0.29, 0.717) is 6.04 Å². The number of hydrogen-bond acceptors (Lipinski definition) is 3. The van der Waals surface area contributed by atoms with Gasteiger partial charge in [-0.3, -0.25) is 0 Å². The van der Waals surface area contributed by atoms with Crippen LogP contribution in [-0.2, 0) is 6.42 Å². The summed E-state index contributed by atoms with van der Waals surface area (Å²) in [7, 11) is 0. The highest BCUT2D eigenvalue weighted by molar-refractivity contribution is 7.16.